The number of likely N-dealkylation sites (tertiary alicyclic amines) is 1. The van der Waals surface area contributed by atoms with Gasteiger partial charge in [-0.15, -0.1) is 0 Å². The van der Waals surface area contributed by atoms with E-state index in [0.717, 1.165) is 18.7 Å². The highest BCUT2D eigenvalue weighted by Crippen LogP contribution is 2.46. The molecule has 4 rings (SSSR count). The monoisotopic (exact) mass is 339 g/mol. The fourth-order valence-electron chi connectivity index (χ4n) is 3.64. The van der Waals surface area contributed by atoms with Gasteiger partial charge in [0.2, 0.25) is 0 Å². The van der Waals surface area contributed by atoms with Crippen molar-refractivity contribution in [3.63, 3.8) is 0 Å². The summed E-state index contributed by atoms with van der Waals surface area (Å²) in [5.74, 6) is 0.482. The van der Waals surface area contributed by atoms with Crippen molar-refractivity contribution in [2.75, 3.05) is 26.2 Å². The van der Waals surface area contributed by atoms with Crippen LogP contribution < -0.4 is 5.32 Å². The van der Waals surface area contributed by atoms with Gasteiger partial charge in [0.1, 0.15) is 0 Å². The molecule has 1 aromatic carbocycles. The Morgan fingerprint density at radius 2 is 1.92 bits per heavy atom. The third kappa shape index (κ3) is 3.93. The van der Waals surface area contributed by atoms with Crippen molar-refractivity contribution in [3.8, 4) is 11.3 Å². The molecule has 2 fully saturated rings. The minimum absolute atomic E-state index is 0.143. The van der Waals surface area contributed by atoms with Crippen LogP contribution in [0.25, 0.3) is 11.3 Å². The summed E-state index contributed by atoms with van der Waals surface area (Å²) in [6, 6.07) is 11.4. The first kappa shape index (κ1) is 16.3. The first-order chi connectivity index (χ1) is 12.2. The molecule has 2 aliphatic rings. The Morgan fingerprint density at radius 1 is 1.16 bits per heavy atom. The number of rotatable bonds is 6. The van der Waals surface area contributed by atoms with E-state index in [2.05, 4.69) is 15.4 Å². The Labute approximate surface area is 148 Å². The van der Waals surface area contributed by atoms with Gasteiger partial charge in [-0.1, -0.05) is 41.9 Å². The molecule has 1 amide bonds. The molecule has 1 aliphatic carbocycles. The lowest BCUT2D eigenvalue weighted by atomic mass is 10.0. The summed E-state index contributed by atoms with van der Waals surface area (Å²) in [5, 5.41) is 7.00. The van der Waals surface area contributed by atoms with E-state index in [1.165, 1.54) is 45.2 Å². The zero-order valence-corrected chi connectivity index (χ0v) is 14.5. The van der Waals surface area contributed by atoms with Gasteiger partial charge in [-0.05, 0) is 38.8 Å². The van der Waals surface area contributed by atoms with Gasteiger partial charge < -0.3 is 14.7 Å². The molecule has 2 heterocycles. The molecule has 0 unspecified atom stereocenters. The number of nitrogens with one attached hydrogen (secondary N) is 1. The molecular weight excluding hydrogens is 314 g/mol. The molecule has 1 aliphatic heterocycles. The number of piperidine rings is 1. The summed E-state index contributed by atoms with van der Waals surface area (Å²) >= 11 is 0. The van der Waals surface area contributed by atoms with Crippen LogP contribution in [0.2, 0.25) is 0 Å². The van der Waals surface area contributed by atoms with Crippen LogP contribution in [0.3, 0.4) is 0 Å². The molecule has 0 bridgehead atoms. The Bertz CT molecular complexity index is 716. The van der Waals surface area contributed by atoms with Crippen molar-refractivity contribution in [2.24, 2.45) is 5.41 Å². The molecule has 1 N–H and O–H groups in total. The number of carbonyl (C=O) groups excluding carboxylic acids is 1. The zero-order valence-electron chi connectivity index (χ0n) is 14.5. The number of benzene rings is 1. The van der Waals surface area contributed by atoms with Crippen molar-refractivity contribution in [1.82, 2.24) is 15.4 Å². The van der Waals surface area contributed by atoms with Crippen LogP contribution in [-0.4, -0.2) is 42.1 Å². The minimum Gasteiger partial charge on any atom is -0.355 e. The van der Waals surface area contributed by atoms with Crippen LogP contribution in [-0.2, 0) is 0 Å². The van der Waals surface area contributed by atoms with Gasteiger partial charge in [0.15, 0.2) is 11.5 Å². The summed E-state index contributed by atoms with van der Waals surface area (Å²) in [6.07, 6.45) is 6.39. The molecule has 0 spiro atoms. The number of amides is 1. The van der Waals surface area contributed by atoms with Crippen molar-refractivity contribution < 1.29 is 9.32 Å². The lowest BCUT2D eigenvalue weighted by molar-refractivity contribution is 0.0927. The first-order valence-corrected chi connectivity index (χ1v) is 9.27. The summed E-state index contributed by atoms with van der Waals surface area (Å²) in [7, 11) is 0. The van der Waals surface area contributed by atoms with E-state index in [1.807, 2.05) is 30.3 Å². The van der Waals surface area contributed by atoms with Crippen LogP contribution in [0.5, 0.6) is 0 Å². The van der Waals surface area contributed by atoms with Crippen molar-refractivity contribution in [3.05, 3.63) is 42.1 Å². The third-order valence-electron chi connectivity index (χ3n) is 5.39. The zero-order chi connectivity index (χ0) is 17.1. The average Bonchev–Trinajstić information content (AvgIpc) is 3.24. The van der Waals surface area contributed by atoms with Crippen LogP contribution in [0.1, 0.15) is 42.6 Å². The van der Waals surface area contributed by atoms with Crippen LogP contribution in [0.4, 0.5) is 0 Å². The number of hydrogen-bond acceptors (Lipinski definition) is 4. The fourth-order valence-corrected chi connectivity index (χ4v) is 3.64. The van der Waals surface area contributed by atoms with Gasteiger partial charge in [0.25, 0.3) is 5.91 Å². The lowest BCUT2D eigenvalue weighted by Gasteiger charge is -2.30. The highest BCUT2D eigenvalue weighted by Gasteiger charge is 2.44. The Morgan fingerprint density at radius 3 is 2.64 bits per heavy atom. The van der Waals surface area contributed by atoms with Gasteiger partial charge in [0.05, 0.1) is 0 Å². The van der Waals surface area contributed by atoms with Crippen LogP contribution in [0.15, 0.2) is 40.9 Å². The number of aromatic nitrogens is 1. The van der Waals surface area contributed by atoms with E-state index < -0.39 is 0 Å². The van der Waals surface area contributed by atoms with E-state index in [4.69, 9.17) is 4.52 Å². The average molecular weight is 339 g/mol. The van der Waals surface area contributed by atoms with E-state index in [0.29, 0.717) is 11.5 Å². The van der Waals surface area contributed by atoms with Crippen molar-refractivity contribution in [2.45, 2.75) is 32.1 Å². The SMILES string of the molecule is O=C(NCC1(CN2CCCCC2)CC1)c1cc(-c2ccccc2)on1. The second-order valence-electron chi connectivity index (χ2n) is 7.46. The largest absolute Gasteiger partial charge is 0.355 e. The number of nitrogens with zero attached hydrogens (tertiary/aromatic N) is 2. The van der Waals surface area contributed by atoms with Crippen molar-refractivity contribution >= 4 is 5.91 Å². The van der Waals surface area contributed by atoms with Gasteiger partial charge in [-0.2, -0.15) is 0 Å². The molecule has 0 radical (unpaired) electrons. The summed E-state index contributed by atoms with van der Waals surface area (Å²) < 4.78 is 5.32. The molecule has 5 heteroatoms. The Balaban J connectivity index is 1.32. The Hall–Kier alpha value is -2.14. The second kappa shape index (κ2) is 7.00. The molecule has 25 heavy (non-hydrogen) atoms. The van der Waals surface area contributed by atoms with E-state index in [-0.39, 0.29) is 11.3 Å². The maximum absolute atomic E-state index is 12.4. The van der Waals surface area contributed by atoms with Gasteiger partial charge >= 0.3 is 0 Å². The van der Waals surface area contributed by atoms with E-state index in [1.54, 1.807) is 6.07 Å². The standard InChI is InChI=1S/C20H25N3O2/c24-19(17-13-18(25-22-17)16-7-3-1-4-8-16)21-14-20(9-10-20)15-23-11-5-2-6-12-23/h1,3-4,7-8,13H,2,5-6,9-12,14-15H2,(H,21,24). The predicted molar refractivity (Wildman–Crippen MR) is 96.2 cm³/mol. The van der Waals surface area contributed by atoms with E-state index in [9.17, 15) is 4.79 Å². The highest BCUT2D eigenvalue weighted by molar-refractivity contribution is 5.93. The summed E-state index contributed by atoms with van der Waals surface area (Å²) in [5.41, 5.74) is 1.56. The van der Waals surface area contributed by atoms with Gasteiger partial charge in [0, 0.05) is 30.1 Å². The molecule has 2 aromatic rings. The third-order valence-corrected chi connectivity index (χ3v) is 5.39. The maximum Gasteiger partial charge on any atom is 0.273 e. The fraction of sp³-hybridized carbons (Fsp3) is 0.500. The van der Waals surface area contributed by atoms with Crippen molar-refractivity contribution in [1.29, 1.82) is 0 Å². The second-order valence-corrected chi connectivity index (χ2v) is 7.46. The smallest absolute Gasteiger partial charge is 0.273 e. The van der Waals surface area contributed by atoms with Gasteiger partial charge in [-0.3, -0.25) is 4.79 Å². The molecule has 1 saturated heterocycles. The first-order valence-electron chi connectivity index (χ1n) is 9.27. The molecule has 0 atom stereocenters. The highest BCUT2D eigenvalue weighted by atomic mass is 16.5. The lowest BCUT2D eigenvalue weighted by Crippen LogP contribution is -2.40. The minimum atomic E-state index is -0.143. The van der Waals surface area contributed by atoms with E-state index >= 15 is 0 Å². The molecule has 1 aromatic heterocycles. The predicted octanol–water partition coefficient (Wildman–Crippen LogP) is 3.34. The number of hydrogen-bond donors (Lipinski definition) is 1. The molecule has 5 nitrogen and oxygen atoms in total. The molecular formula is C20H25N3O2. The van der Waals surface area contributed by atoms with Crippen LogP contribution >= 0.6 is 0 Å². The summed E-state index contributed by atoms with van der Waals surface area (Å²) in [4.78, 5) is 15.0. The molecule has 1 saturated carbocycles. The Kier molecular flexibility index (Phi) is 4.57. The van der Waals surface area contributed by atoms with Gasteiger partial charge in [-0.25, -0.2) is 0 Å². The van der Waals surface area contributed by atoms with Crippen LogP contribution in [0, 0.1) is 5.41 Å². The topological polar surface area (TPSA) is 58.4 Å². The normalized spacial score (nSPS) is 19.5. The number of carbonyl (C=O) groups is 1. The maximum atomic E-state index is 12.4. The summed E-state index contributed by atoms with van der Waals surface area (Å²) in [6.45, 7) is 4.26. The molecule has 132 valence electrons. The quantitative estimate of drug-likeness (QED) is 0.877.